The number of ether oxygens (including phenoxy) is 1. The van der Waals surface area contributed by atoms with Crippen molar-refractivity contribution in [3.63, 3.8) is 0 Å². The number of carbonyl (C=O) groups excluding carboxylic acids is 2. The minimum Gasteiger partial charge on any atom is -0.451 e. The summed E-state index contributed by atoms with van der Waals surface area (Å²) in [5, 5.41) is 0. The topological polar surface area (TPSA) is 75.9 Å². The Labute approximate surface area is 155 Å². The lowest BCUT2D eigenvalue weighted by Gasteiger charge is -2.42. The molecule has 7 nitrogen and oxygen atoms in total. The fourth-order valence-corrected chi connectivity index (χ4v) is 3.75. The van der Waals surface area contributed by atoms with Gasteiger partial charge in [-0.15, -0.1) is 0 Å². The molecule has 0 saturated carbocycles. The van der Waals surface area contributed by atoms with Gasteiger partial charge in [-0.2, -0.15) is 0 Å². The molecule has 2 saturated heterocycles. The second-order valence-corrected chi connectivity index (χ2v) is 6.95. The molecule has 2 amide bonds. The van der Waals surface area contributed by atoms with E-state index in [1.807, 2.05) is 0 Å². The number of oxazole rings is 1. The van der Waals surface area contributed by atoms with Crippen molar-refractivity contribution < 1.29 is 23.1 Å². The molecule has 1 spiro atoms. The monoisotopic (exact) mass is 373 g/mol. The highest BCUT2D eigenvalue weighted by molar-refractivity contribution is 5.95. The van der Waals surface area contributed by atoms with Crippen LogP contribution in [0.1, 0.15) is 29.8 Å². The highest BCUT2D eigenvalue weighted by Gasteiger charge is 2.42. The van der Waals surface area contributed by atoms with E-state index >= 15 is 0 Å². The zero-order chi connectivity index (χ0) is 18.9. The molecule has 1 unspecified atom stereocenters. The van der Waals surface area contributed by atoms with Crippen LogP contribution in [0.25, 0.3) is 0 Å². The highest BCUT2D eigenvalue weighted by atomic mass is 19.1. The second kappa shape index (κ2) is 7.11. The van der Waals surface area contributed by atoms with Crippen LogP contribution in [-0.2, 0) is 9.53 Å². The minimum atomic E-state index is -0.543. The van der Waals surface area contributed by atoms with Crippen molar-refractivity contribution in [1.29, 1.82) is 0 Å². The zero-order valence-electron chi connectivity index (χ0n) is 14.8. The predicted octanol–water partition coefficient (Wildman–Crippen LogP) is 2.24. The largest absolute Gasteiger partial charge is 0.451 e. The summed E-state index contributed by atoms with van der Waals surface area (Å²) in [5.41, 5.74) is 0.272. The number of aromatic nitrogens is 1. The van der Waals surface area contributed by atoms with Gasteiger partial charge in [-0.1, -0.05) is 6.07 Å². The molecule has 0 N–H and O–H groups in total. The van der Waals surface area contributed by atoms with E-state index in [-0.39, 0.29) is 29.9 Å². The van der Waals surface area contributed by atoms with Gasteiger partial charge in [-0.05, 0) is 37.5 Å². The van der Waals surface area contributed by atoms with Crippen molar-refractivity contribution in [1.82, 2.24) is 9.88 Å². The first-order valence-electron chi connectivity index (χ1n) is 8.94. The number of rotatable bonds is 2. The standard InChI is InChI=1S/C19H20FN3O4/c20-14-3-1-4-15(9-14)23-12-19(27-11-17(23)24)5-2-7-22(8-6-19)18(25)16-10-26-13-21-16/h1,3-4,9-10,13H,2,5-8,11-12H2. The van der Waals surface area contributed by atoms with Crippen molar-refractivity contribution in [3.05, 3.63) is 48.4 Å². The fourth-order valence-electron chi connectivity index (χ4n) is 3.75. The van der Waals surface area contributed by atoms with Crippen LogP contribution in [0.5, 0.6) is 0 Å². The lowest BCUT2D eigenvalue weighted by Crippen LogP contribution is -2.55. The van der Waals surface area contributed by atoms with Crippen LogP contribution in [0.2, 0.25) is 0 Å². The van der Waals surface area contributed by atoms with Crippen molar-refractivity contribution in [2.45, 2.75) is 24.9 Å². The SMILES string of the molecule is O=C(c1cocn1)N1CCCC2(CC1)CN(c1cccc(F)c1)C(=O)CO2. The van der Waals surface area contributed by atoms with Gasteiger partial charge in [0, 0.05) is 18.8 Å². The molecule has 1 aromatic heterocycles. The number of nitrogens with zero attached hydrogens (tertiary/aromatic N) is 3. The van der Waals surface area contributed by atoms with E-state index in [0.29, 0.717) is 38.2 Å². The maximum atomic E-state index is 13.6. The Kier molecular flexibility index (Phi) is 4.65. The molecule has 0 aliphatic carbocycles. The first-order chi connectivity index (χ1) is 13.1. The zero-order valence-corrected chi connectivity index (χ0v) is 14.8. The van der Waals surface area contributed by atoms with Gasteiger partial charge in [-0.3, -0.25) is 9.59 Å². The Bertz CT molecular complexity index is 841. The predicted molar refractivity (Wildman–Crippen MR) is 93.7 cm³/mol. The fraction of sp³-hybridized carbons (Fsp3) is 0.421. The van der Waals surface area contributed by atoms with Crippen LogP contribution in [0.15, 0.2) is 41.3 Å². The summed E-state index contributed by atoms with van der Waals surface area (Å²) in [6.07, 6.45) is 4.63. The molecule has 8 heteroatoms. The molecule has 0 radical (unpaired) electrons. The van der Waals surface area contributed by atoms with Crippen LogP contribution in [0, 0.1) is 5.82 Å². The van der Waals surface area contributed by atoms with E-state index in [1.165, 1.54) is 24.8 Å². The van der Waals surface area contributed by atoms with Gasteiger partial charge in [-0.25, -0.2) is 9.37 Å². The van der Waals surface area contributed by atoms with Crippen LogP contribution in [0.3, 0.4) is 0 Å². The summed E-state index contributed by atoms with van der Waals surface area (Å²) >= 11 is 0. The molecule has 4 rings (SSSR count). The Morgan fingerprint density at radius 2 is 2.15 bits per heavy atom. The molecular weight excluding hydrogens is 353 g/mol. The van der Waals surface area contributed by atoms with E-state index < -0.39 is 5.60 Å². The van der Waals surface area contributed by atoms with Gasteiger partial charge >= 0.3 is 0 Å². The van der Waals surface area contributed by atoms with Crippen molar-refractivity contribution in [2.24, 2.45) is 0 Å². The number of morpholine rings is 1. The third-order valence-corrected chi connectivity index (χ3v) is 5.21. The lowest BCUT2D eigenvalue weighted by molar-refractivity contribution is -0.140. The van der Waals surface area contributed by atoms with Crippen molar-refractivity contribution >= 4 is 17.5 Å². The highest BCUT2D eigenvalue weighted by Crippen LogP contribution is 2.33. The number of anilines is 1. The lowest BCUT2D eigenvalue weighted by atomic mass is 9.92. The van der Waals surface area contributed by atoms with E-state index in [1.54, 1.807) is 21.9 Å². The second-order valence-electron chi connectivity index (χ2n) is 6.95. The number of amides is 2. The summed E-state index contributed by atoms with van der Waals surface area (Å²) in [6.45, 7) is 1.39. The third-order valence-electron chi connectivity index (χ3n) is 5.21. The number of hydrogen-bond donors (Lipinski definition) is 0. The minimum absolute atomic E-state index is 0.0479. The van der Waals surface area contributed by atoms with E-state index in [0.717, 1.165) is 6.42 Å². The molecule has 142 valence electrons. The smallest absolute Gasteiger partial charge is 0.275 e. The first kappa shape index (κ1) is 17.7. The van der Waals surface area contributed by atoms with E-state index in [4.69, 9.17) is 9.15 Å². The van der Waals surface area contributed by atoms with Gasteiger partial charge in [0.15, 0.2) is 12.1 Å². The Balaban J connectivity index is 1.50. The van der Waals surface area contributed by atoms with E-state index in [9.17, 15) is 14.0 Å². The average Bonchev–Trinajstić information content (AvgIpc) is 3.13. The third kappa shape index (κ3) is 3.57. The van der Waals surface area contributed by atoms with Gasteiger partial charge < -0.3 is 19.0 Å². The Hall–Kier alpha value is -2.74. The molecule has 2 fully saturated rings. The van der Waals surface area contributed by atoms with Gasteiger partial charge in [0.2, 0.25) is 0 Å². The van der Waals surface area contributed by atoms with Gasteiger partial charge in [0.25, 0.3) is 11.8 Å². The van der Waals surface area contributed by atoms with Crippen LogP contribution in [0.4, 0.5) is 10.1 Å². The molecule has 3 heterocycles. The van der Waals surface area contributed by atoms with Gasteiger partial charge in [0.1, 0.15) is 18.7 Å². The van der Waals surface area contributed by atoms with Gasteiger partial charge in [0.05, 0.1) is 12.1 Å². The van der Waals surface area contributed by atoms with E-state index in [2.05, 4.69) is 4.98 Å². The molecule has 2 aliphatic rings. The number of benzene rings is 1. The number of likely N-dealkylation sites (tertiary alicyclic amines) is 1. The molecule has 0 bridgehead atoms. The average molecular weight is 373 g/mol. The molecular formula is C19H20FN3O4. The summed E-state index contributed by atoms with van der Waals surface area (Å²) in [7, 11) is 0. The Morgan fingerprint density at radius 1 is 1.26 bits per heavy atom. The molecule has 1 aromatic carbocycles. The van der Waals surface area contributed by atoms with Crippen LogP contribution >= 0.6 is 0 Å². The number of carbonyl (C=O) groups is 2. The first-order valence-corrected chi connectivity index (χ1v) is 8.94. The maximum Gasteiger partial charge on any atom is 0.275 e. The summed E-state index contributed by atoms with van der Waals surface area (Å²) in [6, 6.07) is 6.01. The van der Waals surface area contributed by atoms with Crippen LogP contribution in [-0.4, -0.2) is 53.5 Å². The number of hydrogen-bond acceptors (Lipinski definition) is 5. The molecule has 2 aliphatic heterocycles. The summed E-state index contributed by atoms with van der Waals surface area (Å²) in [4.78, 5) is 32.1. The molecule has 2 aromatic rings. The van der Waals surface area contributed by atoms with Crippen LogP contribution < -0.4 is 4.90 Å². The van der Waals surface area contributed by atoms with Crippen molar-refractivity contribution in [3.8, 4) is 0 Å². The quantitative estimate of drug-likeness (QED) is 0.807. The normalized spacial score (nSPS) is 23.5. The van der Waals surface area contributed by atoms with Crippen molar-refractivity contribution in [2.75, 3.05) is 31.1 Å². The molecule has 27 heavy (non-hydrogen) atoms. The maximum absolute atomic E-state index is 13.6. The number of halogens is 1. The summed E-state index contributed by atoms with van der Waals surface area (Å²) < 4.78 is 24.4. The summed E-state index contributed by atoms with van der Waals surface area (Å²) in [5.74, 6) is -0.744. The Morgan fingerprint density at radius 3 is 2.93 bits per heavy atom. The molecule has 1 atom stereocenters.